The van der Waals surface area contributed by atoms with Crippen molar-refractivity contribution in [2.24, 2.45) is 5.41 Å². The van der Waals surface area contributed by atoms with E-state index < -0.39 is 0 Å². The molecule has 1 heterocycles. The summed E-state index contributed by atoms with van der Waals surface area (Å²) < 4.78 is 5.76. The largest absolute Gasteiger partial charge is 0.362 e. The predicted molar refractivity (Wildman–Crippen MR) is 45.2 cm³/mol. The van der Waals surface area contributed by atoms with E-state index in [9.17, 15) is 0 Å². The zero-order valence-electron chi connectivity index (χ0n) is 7.74. The van der Waals surface area contributed by atoms with Crippen LogP contribution in [-0.2, 0) is 4.74 Å². The molecule has 2 rings (SSSR count). The Bertz CT molecular complexity index is 197. The lowest BCUT2D eigenvalue weighted by Crippen LogP contribution is -2.40. The molecular weight excluding hydrogens is 136 g/mol. The van der Waals surface area contributed by atoms with Gasteiger partial charge in [-0.2, -0.15) is 0 Å². The van der Waals surface area contributed by atoms with E-state index in [4.69, 9.17) is 4.74 Å². The number of hydrogen-bond donors (Lipinski definition) is 0. The Kier molecular flexibility index (Phi) is 1.15. The quantitative estimate of drug-likeness (QED) is 0.487. The molecule has 1 saturated heterocycles. The van der Waals surface area contributed by atoms with Gasteiger partial charge in [0.25, 0.3) is 0 Å². The van der Waals surface area contributed by atoms with Gasteiger partial charge in [0.1, 0.15) is 5.60 Å². The number of ether oxygens (including phenoxy) is 1. The van der Waals surface area contributed by atoms with Crippen molar-refractivity contribution in [3.63, 3.8) is 0 Å². The number of hydrogen-bond acceptors (Lipinski definition) is 1. The summed E-state index contributed by atoms with van der Waals surface area (Å²) in [5.74, 6) is 0. The summed E-state index contributed by atoms with van der Waals surface area (Å²) in [5.41, 5.74) is 0.313. The molecule has 1 radical (unpaired) electrons. The summed E-state index contributed by atoms with van der Waals surface area (Å²) >= 11 is 0. The third kappa shape index (κ3) is 0.703. The first kappa shape index (κ1) is 7.60. The zero-order valence-corrected chi connectivity index (χ0v) is 7.74. The first-order chi connectivity index (χ1) is 4.91. The Balaban J connectivity index is 2.29. The van der Waals surface area contributed by atoms with E-state index in [0.717, 1.165) is 0 Å². The van der Waals surface area contributed by atoms with Crippen LogP contribution in [0.15, 0.2) is 0 Å². The molecule has 0 aromatic carbocycles. The van der Waals surface area contributed by atoms with E-state index in [0.29, 0.717) is 0 Å². The number of rotatable bonds is 0. The second-order valence-electron chi connectivity index (χ2n) is 4.90. The molecule has 1 heteroatoms. The van der Waals surface area contributed by atoms with Crippen LogP contribution in [0.1, 0.15) is 40.0 Å². The van der Waals surface area contributed by atoms with Gasteiger partial charge < -0.3 is 4.74 Å². The molecule has 1 nitrogen and oxygen atoms in total. The van der Waals surface area contributed by atoms with Gasteiger partial charge in [0, 0.05) is 0 Å². The van der Waals surface area contributed by atoms with Gasteiger partial charge in [-0.05, 0) is 38.5 Å². The predicted octanol–water partition coefficient (Wildman–Crippen LogP) is 2.56. The Hall–Kier alpha value is -0.0400. The fourth-order valence-electron chi connectivity index (χ4n) is 2.54. The number of epoxide rings is 1. The van der Waals surface area contributed by atoms with Crippen molar-refractivity contribution in [3.05, 3.63) is 6.92 Å². The van der Waals surface area contributed by atoms with Crippen molar-refractivity contribution in [1.29, 1.82) is 0 Å². The molecule has 1 aliphatic heterocycles. The lowest BCUT2D eigenvalue weighted by Gasteiger charge is -2.35. The molecule has 2 atom stereocenters. The van der Waals surface area contributed by atoms with E-state index in [1.54, 1.807) is 0 Å². The molecule has 0 aromatic heterocycles. The van der Waals surface area contributed by atoms with Crippen molar-refractivity contribution >= 4 is 0 Å². The third-order valence-electron chi connectivity index (χ3n) is 3.76. The van der Waals surface area contributed by atoms with Crippen molar-refractivity contribution < 1.29 is 4.74 Å². The van der Waals surface area contributed by atoms with Crippen LogP contribution in [0, 0.1) is 12.3 Å². The minimum Gasteiger partial charge on any atom is -0.362 e. The minimum absolute atomic E-state index is 0.0712. The number of fused-ring (bicyclic) bond motifs is 1. The molecule has 0 bridgehead atoms. The third-order valence-corrected chi connectivity index (χ3v) is 3.76. The molecular formula is C10H17O. The molecule has 0 spiro atoms. The zero-order chi connectivity index (χ0) is 8.33. The Morgan fingerprint density at radius 3 is 2.27 bits per heavy atom. The highest BCUT2D eigenvalue weighted by molar-refractivity contribution is 5.23. The average Bonchev–Trinajstić information content (AvgIpc) is 2.36. The van der Waals surface area contributed by atoms with E-state index >= 15 is 0 Å². The van der Waals surface area contributed by atoms with Crippen LogP contribution in [0.2, 0.25) is 0 Å². The highest BCUT2D eigenvalue weighted by Gasteiger charge is 2.71. The highest BCUT2D eigenvalue weighted by Crippen LogP contribution is 2.64. The van der Waals surface area contributed by atoms with E-state index in [1.807, 2.05) is 0 Å². The van der Waals surface area contributed by atoms with Gasteiger partial charge >= 0.3 is 0 Å². The van der Waals surface area contributed by atoms with Crippen molar-refractivity contribution in [1.82, 2.24) is 0 Å². The average molecular weight is 153 g/mol. The van der Waals surface area contributed by atoms with Crippen LogP contribution in [0.5, 0.6) is 0 Å². The molecule has 11 heavy (non-hydrogen) atoms. The van der Waals surface area contributed by atoms with Gasteiger partial charge in [-0.1, -0.05) is 13.8 Å². The van der Waals surface area contributed by atoms with Crippen LogP contribution in [0.25, 0.3) is 0 Å². The highest BCUT2D eigenvalue weighted by atomic mass is 16.6. The Labute approximate surface area is 69.1 Å². The van der Waals surface area contributed by atoms with Gasteiger partial charge in [-0.15, -0.1) is 0 Å². The summed E-state index contributed by atoms with van der Waals surface area (Å²) in [6, 6.07) is 0. The molecule has 63 valence electrons. The second kappa shape index (κ2) is 1.66. The maximum Gasteiger partial charge on any atom is 0.103 e. The maximum absolute atomic E-state index is 5.76. The summed E-state index contributed by atoms with van der Waals surface area (Å²) in [5, 5.41) is 0. The van der Waals surface area contributed by atoms with Gasteiger partial charge in [0.15, 0.2) is 0 Å². The lowest BCUT2D eigenvalue weighted by molar-refractivity contribution is 0.163. The topological polar surface area (TPSA) is 12.5 Å². The first-order valence-corrected chi connectivity index (χ1v) is 4.47. The monoisotopic (exact) mass is 153 g/mol. The van der Waals surface area contributed by atoms with Crippen molar-refractivity contribution in [3.8, 4) is 0 Å². The van der Waals surface area contributed by atoms with Gasteiger partial charge in [-0.25, -0.2) is 0 Å². The normalized spacial score (nSPS) is 53.5. The Morgan fingerprint density at radius 2 is 1.82 bits per heavy atom. The van der Waals surface area contributed by atoms with Crippen LogP contribution in [0.4, 0.5) is 0 Å². The molecule has 0 aromatic rings. The van der Waals surface area contributed by atoms with Crippen LogP contribution in [-0.4, -0.2) is 11.2 Å². The second-order valence-corrected chi connectivity index (χ2v) is 4.90. The van der Waals surface area contributed by atoms with E-state index in [-0.39, 0.29) is 16.6 Å². The maximum atomic E-state index is 5.76. The summed E-state index contributed by atoms with van der Waals surface area (Å²) in [4.78, 5) is 0. The van der Waals surface area contributed by atoms with Crippen LogP contribution >= 0.6 is 0 Å². The molecule has 0 N–H and O–H groups in total. The molecule has 2 unspecified atom stereocenters. The van der Waals surface area contributed by atoms with Gasteiger partial charge in [0.05, 0.1) is 5.60 Å². The van der Waals surface area contributed by atoms with Crippen LogP contribution in [0.3, 0.4) is 0 Å². The molecule has 1 aliphatic carbocycles. The van der Waals surface area contributed by atoms with Gasteiger partial charge in [0.2, 0.25) is 0 Å². The van der Waals surface area contributed by atoms with E-state index in [2.05, 4.69) is 27.7 Å². The lowest BCUT2D eigenvalue weighted by atomic mass is 9.65. The van der Waals surface area contributed by atoms with E-state index in [1.165, 1.54) is 19.3 Å². The fourth-order valence-corrected chi connectivity index (χ4v) is 2.54. The summed E-state index contributed by atoms with van der Waals surface area (Å²) in [6.45, 7) is 10.9. The first-order valence-electron chi connectivity index (χ1n) is 4.47. The van der Waals surface area contributed by atoms with Crippen molar-refractivity contribution in [2.45, 2.75) is 51.2 Å². The van der Waals surface area contributed by atoms with Crippen LogP contribution < -0.4 is 0 Å². The summed E-state index contributed by atoms with van der Waals surface area (Å²) in [6.07, 6.45) is 3.74. The Morgan fingerprint density at radius 1 is 1.18 bits per heavy atom. The fraction of sp³-hybridized carbons (Fsp3) is 0.900. The molecule has 2 aliphatic rings. The standard InChI is InChI=1S/C10H17O/c1-8(2)6-5-7-9(3)10(8,4)11-9/h4-7H2,1-3H3. The smallest absolute Gasteiger partial charge is 0.103 e. The SMILES string of the molecule is [CH2]C12OC1(C)CCCC2(C)C. The van der Waals surface area contributed by atoms with Gasteiger partial charge in [-0.3, -0.25) is 0 Å². The molecule has 0 amide bonds. The molecule has 2 fully saturated rings. The summed E-state index contributed by atoms with van der Waals surface area (Å²) in [7, 11) is 0. The molecule has 1 saturated carbocycles. The minimum atomic E-state index is -0.0712. The van der Waals surface area contributed by atoms with Crippen molar-refractivity contribution in [2.75, 3.05) is 0 Å².